The number of amides is 1. The van der Waals surface area contributed by atoms with E-state index >= 15 is 0 Å². The van der Waals surface area contributed by atoms with E-state index in [-0.39, 0.29) is 11.9 Å². The highest BCUT2D eigenvalue weighted by atomic mass is 16.5. The number of aromatic nitrogens is 3. The smallest absolute Gasteiger partial charge is 0.338 e. The molecule has 1 fully saturated rings. The summed E-state index contributed by atoms with van der Waals surface area (Å²) in [5.41, 5.74) is 2.39. The van der Waals surface area contributed by atoms with Crippen LogP contribution < -0.4 is 5.32 Å². The number of methoxy groups -OCH3 is 1. The van der Waals surface area contributed by atoms with Crippen LogP contribution in [0.2, 0.25) is 0 Å². The Bertz CT molecular complexity index is 1060. The number of piperidine rings is 1. The summed E-state index contributed by atoms with van der Waals surface area (Å²) < 4.78 is 4.82. The van der Waals surface area contributed by atoms with Gasteiger partial charge >= 0.3 is 5.97 Å². The molecule has 2 aromatic heterocycles. The quantitative estimate of drug-likeness (QED) is 0.599. The Morgan fingerprint density at radius 3 is 2.44 bits per heavy atom. The molecule has 32 heavy (non-hydrogen) atoms. The second kappa shape index (κ2) is 10.1. The van der Waals surface area contributed by atoms with E-state index in [2.05, 4.69) is 25.2 Å². The lowest BCUT2D eigenvalue weighted by Gasteiger charge is -2.32. The molecular weight excluding hydrogens is 406 g/mol. The van der Waals surface area contributed by atoms with Crippen LogP contribution in [0.25, 0.3) is 11.4 Å². The molecule has 0 atom stereocenters. The number of hydrogen-bond donors (Lipinski definition) is 1. The highest BCUT2D eigenvalue weighted by molar-refractivity contribution is 5.97. The topological polar surface area (TPSA) is 97.3 Å². The monoisotopic (exact) mass is 431 g/mol. The van der Waals surface area contributed by atoms with E-state index in [1.165, 1.54) is 19.5 Å². The highest BCUT2D eigenvalue weighted by Gasteiger charge is 2.22. The minimum atomic E-state index is -0.458. The molecule has 0 bridgehead atoms. The summed E-state index contributed by atoms with van der Waals surface area (Å²) in [5.74, 6) is -0.285. The average molecular weight is 431 g/mol. The van der Waals surface area contributed by atoms with Crippen molar-refractivity contribution in [2.75, 3.05) is 20.2 Å². The first-order valence-electron chi connectivity index (χ1n) is 10.6. The molecule has 1 aliphatic rings. The molecule has 1 N–H and O–H groups in total. The number of carbonyl (C=O) groups excluding carboxylic acids is 2. The Morgan fingerprint density at radius 1 is 1.03 bits per heavy atom. The van der Waals surface area contributed by atoms with Gasteiger partial charge in [-0.1, -0.05) is 24.3 Å². The van der Waals surface area contributed by atoms with Crippen molar-refractivity contribution < 1.29 is 14.3 Å². The van der Waals surface area contributed by atoms with Crippen LogP contribution >= 0.6 is 0 Å². The van der Waals surface area contributed by atoms with Gasteiger partial charge in [-0.25, -0.2) is 14.8 Å². The normalized spacial score (nSPS) is 14.7. The molecule has 0 aliphatic carbocycles. The lowest BCUT2D eigenvalue weighted by molar-refractivity contribution is 0.0601. The molecule has 3 heterocycles. The van der Waals surface area contributed by atoms with Gasteiger partial charge in [0.25, 0.3) is 5.91 Å². The Hall–Kier alpha value is -3.65. The van der Waals surface area contributed by atoms with Crippen molar-refractivity contribution in [3.8, 4) is 11.4 Å². The molecule has 8 heteroatoms. The first kappa shape index (κ1) is 21.6. The molecule has 0 unspecified atom stereocenters. The van der Waals surface area contributed by atoms with Crippen molar-refractivity contribution in [2.45, 2.75) is 25.4 Å². The molecule has 164 valence electrons. The van der Waals surface area contributed by atoms with E-state index in [1.807, 2.05) is 24.4 Å². The van der Waals surface area contributed by atoms with Crippen LogP contribution in [0.4, 0.5) is 0 Å². The van der Waals surface area contributed by atoms with Gasteiger partial charge in [0, 0.05) is 49.8 Å². The number of nitrogens with zero attached hydrogens (tertiary/aromatic N) is 4. The molecule has 1 saturated heterocycles. The van der Waals surface area contributed by atoms with Gasteiger partial charge in [0.1, 0.15) is 0 Å². The van der Waals surface area contributed by atoms with E-state index in [0.717, 1.165) is 38.2 Å². The van der Waals surface area contributed by atoms with Crippen molar-refractivity contribution >= 4 is 11.9 Å². The molecule has 0 saturated carbocycles. The summed E-state index contributed by atoms with van der Waals surface area (Å²) in [6.45, 7) is 2.63. The molecule has 1 aliphatic heterocycles. The van der Waals surface area contributed by atoms with Gasteiger partial charge in [-0.3, -0.25) is 14.7 Å². The standard InChI is InChI=1S/C24H25N5O3/c1-32-24(31)21-8-3-2-7-20(21)22-26-14-17(15-27-22)23(30)28-18-9-12-29(13-10-18)16-19-6-4-5-11-25-19/h2-8,11,14-15,18H,9-10,12-13,16H2,1H3,(H,28,30). The number of likely N-dealkylation sites (tertiary alicyclic amines) is 1. The van der Waals surface area contributed by atoms with Gasteiger partial charge in [0.2, 0.25) is 0 Å². The zero-order valence-electron chi connectivity index (χ0n) is 17.9. The second-order valence-corrected chi connectivity index (χ2v) is 7.68. The molecule has 0 radical (unpaired) electrons. The Balaban J connectivity index is 1.34. The zero-order chi connectivity index (χ0) is 22.3. The van der Waals surface area contributed by atoms with Crippen LogP contribution in [0.1, 0.15) is 39.3 Å². The molecule has 3 aromatic rings. The van der Waals surface area contributed by atoms with Crippen molar-refractivity contribution in [3.63, 3.8) is 0 Å². The van der Waals surface area contributed by atoms with Crippen LogP contribution in [0.5, 0.6) is 0 Å². The average Bonchev–Trinajstić information content (AvgIpc) is 2.85. The van der Waals surface area contributed by atoms with Crippen LogP contribution in [0.15, 0.2) is 61.1 Å². The van der Waals surface area contributed by atoms with Gasteiger partial charge in [-0.2, -0.15) is 0 Å². The predicted molar refractivity (Wildman–Crippen MR) is 119 cm³/mol. The van der Waals surface area contributed by atoms with Crippen molar-refractivity contribution in [3.05, 3.63) is 77.9 Å². The summed E-state index contributed by atoms with van der Waals surface area (Å²) in [6, 6.07) is 13.0. The van der Waals surface area contributed by atoms with E-state index < -0.39 is 5.97 Å². The molecule has 4 rings (SSSR count). The van der Waals surface area contributed by atoms with Crippen LogP contribution in [-0.4, -0.2) is 58.0 Å². The number of esters is 1. The van der Waals surface area contributed by atoms with Crippen molar-refractivity contribution in [2.24, 2.45) is 0 Å². The number of nitrogens with one attached hydrogen (secondary N) is 1. The maximum absolute atomic E-state index is 12.7. The van der Waals surface area contributed by atoms with E-state index in [0.29, 0.717) is 22.5 Å². The molecule has 0 spiro atoms. The van der Waals surface area contributed by atoms with Crippen LogP contribution in [0.3, 0.4) is 0 Å². The number of ether oxygens (including phenoxy) is 1. The van der Waals surface area contributed by atoms with Crippen molar-refractivity contribution in [1.82, 2.24) is 25.2 Å². The maximum atomic E-state index is 12.7. The van der Waals surface area contributed by atoms with E-state index in [9.17, 15) is 9.59 Å². The fraction of sp³-hybridized carbons (Fsp3) is 0.292. The SMILES string of the molecule is COC(=O)c1ccccc1-c1ncc(C(=O)NC2CCN(Cc3ccccn3)CC2)cn1. The van der Waals surface area contributed by atoms with Gasteiger partial charge in [-0.15, -0.1) is 0 Å². The van der Waals surface area contributed by atoms with Crippen LogP contribution in [-0.2, 0) is 11.3 Å². The molecule has 1 aromatic carbocycles. The third kappa shape index (κ3) is 5.15. The molecule has 8 nitrogen and oxygen atoms in total. The number of carbonyl (C=O) groups is 2. The van der Waals surface area contributed by atoms with Gasteiger partial charge in [0.05, 0.1) is 23.9 Å². The Kier molecular flexibility index (Phi) is 6.81. The summed E-state index contributed by atoms with van der Waals surface area (Å²) in [4.78, 5) is 40.0. The number of rotatable bonds is 6. The van der Waals surface area contributed by atoms with E-state index in [4.69, 9.17) is 4.74 Å². The van der Waals surface area contributed by atoms with Crippen molar-refractivity contribution in [1.29, 1.82) is 0 Å². The Labute approximate surface area is 186 Å². The number of benzene rings is 1. The van der Waals surface area contributed by atoms with Crippen LogP contribution in [0, 0.1) is 0 Å². The molecular formula is C24H25N5O3. The first-order valence-corrected chi connectivity index (χ1v) is 10.6. The van der Waals surface area contributed by atoms with Gasteiger partial charge in [0.15, 0.2) is 5.82 Å². The molecule has 1 amide bonds. The number of hydrogen-bond acceptors (Lipinski definition) is 7. The zero-order valence-corrected chi connectivity index (χ0v) is 17.9. The minimum Gasteiger partial charge on any atom is -0.465 e. The first-order chi connectivity index (χ1) is 15.6. The van der Waals surface area contributed by atoms with E-state index in [1.54, 1.807) is 24.3 Å². The Morgan fingerprint density at radius 2 is 1.75 bits per heavy atom. The summed E-state index contributed by atoms with van der Waals surface area (Å²) in [5, 5.41) is 3.08. The number of pyridine rings is 1. The van der Waals surface area contributed by atoms with Gasteiger partial charge < -0.3 is 10.1 Å². The fourth-order valence-electron chi connectivity index (χ4n) is 3.78. The summed E-state index contributed by atoms with van der Waals surface area (Å²) in [7, 11) is 1.33. The summed E-state index contributed by atoms with van der Waals surface area (Å²) >= 11 is 0. The highest BCUT2D eigenvalue weighted by Crippen LogP contribution is 2.21. The van der Waals surface area contributed by atoms with Gasteiger partial charge in [-0.05, 0) is 31.0 Å². The fourth-order valence-corrected chi connectivity index (χ4v) is 3.78. The largest absolute Gasteiger partial charge is 0.465 e. The second-order valence-electron chi connectivity index (χ2n) is 7.68. The maximum Gasteiger partial charge on any atom is 0.338 e. The lowest BCUT2D eigenvalue weighted by atomic mass is 10.0. The lowest BCUT2D eigenvalue weighted by Crippen LogP contribution is -2.44. The summed E-state index contributed by atoms with van der Waals surface area (Å²) in [6.07, 6.45) is 6.54. The predicted octanol–water partition coefficient (Wildman–Crippen LogP) is 2.72. The third-order valence-electron chi connectivity index (χ3n) is 5.52. The minimum absolute atomic E-state index is 0.113. The third-order valence-corrected chi connectivity index (χ3v) is 5.52.